The summed E-state index contributed by atoms with van der Waals surface area (Å²) in [4.78, 5) is 4.65. The van der Waals surface area contributed by atoms with Crippen LogP contribution in [0.4, 0.5) is 0 Å². The normalized spacial score (nSPS) is 27.9. The Bertz CT molecular complexity index is 333. The number of hydrogen-bond donors (Lipinski definition) is 2. The molecule has 0 spiro atoms. The van der Waals surface area contributed by atoms with E-state index in [2.05, 4.69) is 10.4 Å². The van der Waals surface area contributed by atoms with E-state index >= 15 is 0 Å². The largest absolute Gasteiger partial charge is 0.396 e. The Labute approximate surface area is 96.3 Å². The van der Waals surface area contributed by atoms with Gasteiger partial charge in [0, 0.05) is 31.1 Å². The van der Waals surface area contributed by atoms with E-state index in [4.69, 9.17) is 0 Å². The van der Waals surface area contributed by atoms with Gasteiger partial charge in [-0.2, -0.15) is 0 Å². The molecular formula is C12H19N3O. The number of allylic oxidation sites excluding steroid dienone is 1. The highest BCUT2D eigenvalue weighted by molar-refractivity contribution is 5.88. The van der Waals surface area contributed by atoms with E-state index < -0.39 is 0 Å². The second-order valence-corrected chi connectivity index (χ2v) is 4.36. The topological polar surface area (TPSA) is 47.9 Å². The maximum absolute atomic E-state index is 9.30. The average Bonchev–Trinajstić information content (AvgIpc) is 2.30. The molecule has 0 radical (unpaired) electrons. The average molecular weight is 221 g/mol. The highest BCUT2D eigenvalue weighted by Crippen LogP contribution is 2.23. The summed E-state index contributed by atoms with van der Waals surface area (Å²) in [6.45, 7) is 0.226. The number of nitrogens with one attached hydrogen (secondary N) is 1. The van der Waals surface area contributed by atoms with E-state index in [0.717, 1.165) is 24.3 Å². The second-order valence-electron chi connectivity index (χ2n) is 4.36. The first-order valence-corrected chi connectivity index (χ1v) is 5.85. The van der Waals surface area contributed by atoms with Crippen LogP contribution in [-0.4, -0.2) is 29.5 Å². The highest BCUT2D eigenvalue weighted by Gasteiger charge is 2.19. The van der Waals surface area contributed by atoms with Gasteiger partial charge < -0.3 is 10.5 Å². The Kier molecular flexibility index (Phi) is 3.62. The van der Waals surface area contributed by atoms with Crippen molar-refractivity contribution in [1.82, 2.24) is 10.4 Å². The first-order valence-electron chi connectivity index (χ1n) is 5.85. The second kappa shape index (κ2) is 5.16. The SMILES string of the molecule is CN1C=C(N=C2CCCCC2CO)C=CN1. The van der Waals surface area contributed by atoms with Gasteiger partial charge in [0.05, 0.1) is 12.3 Å². The van der Waals surface area contributed by atoms with Crippen LogP contribution in [0.3, 0.4) is 0 Å². The molecule has 1 aliphatic carbocycles. The molecule has 16 heavy (non-hydrogen) atoms. The molecule has 2 aliphatic rings. The molecule has 0 aromatic heterocycles. The summed E-state index contributed by atoms with van der Waals surface area (Å²) < 4.78 is 0. The van der Waals surface area contributed by atoms with Gasteiger partial charge in [-0.05, 0) is 25.3 Å². The lowest BCUT2D eigenvalue weighted by molar-refractivity contribution is 0.246. The predicted octanol–water partition coefficient (Wildman–Crippen LogP) is 1.41. The van der Waals surface area contributed by atoms with Crippen molar-refractivity contribution >= 4 is 5.71 Å². The zero-order valence-electron chi connectivity index (χ0n) is 9.69. The number of aliphatic hydroxyl groups is 1. The summed E-state index contributed by atoms with van der Waals surface area (Å²) in [7, 11) is 1.94. The van der Waals surface area contributed by atoms with Crippen molar-refractivity contribution in [2.75, 3.05) is 13.7 Å². The summed E-state index contributed by atoms with van der Waals surface area (Å²) in [6.07, 6.45) is 10.3. The van der Waals surface area contributed by atoms with Crippen LogP contribution in [0.15, 0.2) is 29.2 Å². The number of nitrogens with zero attached hydrogens (tertiary/aromatic N) is 2. The van der Waals surface area contributed by atoms with Crippen molar-refractivity contribution in [3.8, 4) is 0 Å². The zero-order chi connectivity index (χ0) is 11.4. The monoisotopic (exact) mass is 221 g/mol. The van der Waals surface area contributed by atoms with Crippen molar-refractivity contribution < 1.29 is 5.11 Å². The number of aliphatic hydroxyl groups excluding tert-OH is 1. The summed E-state index contributed by atoms with van der Waals surface area (Å²) in [6, 6.07) is 0. The van der Waals surface area contributed by atoms with Crippen LogP contribution in [0, 0.1) is 5.92 Å². The van der Waals surface area contributed by atoms with Gasteiger partial charge in [0.1, 0.15) is 0 Å². The Morgan fingerprint density at radius 2 is 2.44 bits per heavy atom. The van der Waals surface area contributed by atoms with Crippen LogP contribution >= 0.6 is 0 Å². The van der Waals surface area contributed by atoms with E-state index in [0.29, 0.717) is 0 Å². The number of hydrazine groups is 1. The number of hydrogen-bond acceptors (Lipinski definition) is 4. The number of rotatable bonds is 2. The molecule has 2 N–H and O–H groups in total. The summed E-state index contributed by atoms with van der Waals surface area (Å²) in [5.41, 5.74) is 5.14. The molecule has 1 unspecified atom stereocenters. The molecule has 0 bridgehead atoms. The molecule has 1 saturated carbocycles. The fraction of sp³-hybridized carbons (Fsp3) is 0.583. The molecule has 4 nitrogen and oxygen atoms in total. The minimum Gasteiger partial charge on any atom is -0.396 e. The molecule has 4 heteroatoms. The number of aliphatic imine (C=N–C) groups is 1. The summed E-state index contributed by atoms with van der Waals surface area (Å²) in [5.74, 6) is 0.267. The Balaban J connectivity index is 2.12. The molecule has 0 saturated heterocycles. The molecule has 2 rings (SSSR count). The van der Waals surface area contributed by atoms with Crippen LogP contribution in [0.2, 0.25) is 0 Å². The van der Waals surface area contributed by atoms with E-state index in [1.165, 1.54) is 12.8 Å². The maximum Gasteiger partial charge on any atom is 0.0822 e. The molecule has 0 aromatic rings. The maximum atomic E-state index is 9.30. The fourth-order valence-corrected chi connectivity index (χ4v) is 2.16. The summed E-state index contributed by atoms with van der Waals surface area (Å²) in [5, 5.41) is 11.2. The van der Waals surface area contributed by atoms with Gasteiger partial charge in [0.2, 0.25) is 0 Å². The molecule has 0 aromatic carbocycles. The van der Waals surface area contributed by atoms with E-state index in [9.17, 15) is 5.11 Å². The van der Waals surface area contributed by atoms with Crippen molar-refractivity contribution in [1.29, 1.82) is 0 Å². The van der Waals surface area contributed by atoms with Crippen LogP contribution < -0.4 is 5.43 Å². The molecule has 1 heterocycles. The van der Waals surface area contributed by atoms with Gasteiger partial charge in [0.15, 0.2) is 0 Å². The minimum absolute atomic E-state index is 0.226. The molecule has 88 valence electrons. The first kappa shape index (κ1) is 11.2. The van der Waals surface area contributed by atoms with Gasteiger partial charge >= 0.3 is 0 Å². The van der Waals surface area contributed by atoms with E-state index in [1.54, 1.807) is 0 Å². The standard InChI is InChI=1S/C12H19N3O/c1-15-8-11(6-7-13-15)14-12-5-3-2-4-10(12)9-16/h6-8,10,13,16H,2-5,9H2,1H3. The van der Waals surface area contributed by atoms with E-state index in [-0.39, 0.29) is 12.5 Å². The zero-order valence-corrected chi connectivity index (χ0v) is 9.69. The predicted molar refractivity (Wildman–Crippen MR) is 64.6 cm³/mol. The van der Waals surface area contributed by atoms with Crippen LogP contribution in [0.1, 0.15) is 25.7 Å². The van der Waals surface area contributed by atoms with Gasteiger partial charge in [-0.15, -0.1) is 0 Å². The molecule has 1 aliphatic heterocycles. The lowest BCUT2D eigenvalue weighted by atomic mass is 9.88. The molecular weight excluding hydrogens is 202 g/mol. The van der Waals surface area contributed by atoms with Gasteiger partial charge in [-0.1, -0.05) is 6.42 Å². The lowest BCUT2D eigenvalue weighted by Gasteiger charge is -2.23. The van der Waals surface area contributed by atoms with Crippen LogP contribution in [0.25, 0.3) is 0 Å². The lowest BCUT2D eigenvalue weighted by Crippen LogP contribution is -2.27. The van der Waals surface area contributed by atoms with Gasteiger partial charge in [-0.3, -0.25) is 10.0 Å². The Morgan fingerprint density at radius 1 is 1.56 bits per heavy atom. The Morgan fingerprint density at radius 3 is 3.19 bits per heavy atom. The van der Waals surface area contributed by atoms with Crippen molar-refractivity contribution in [3.05, 3.63) is 24.2 Å². The molecule has 1 fully saturated rings. The highest BCUT2D eigenvalue weighted by atomic mass is 16.3. The van der Waals surface area contributed by atoms with Crippen LogP contribution in [-0.2, 0) is 0 Å². The van der Waals surface area contributed by atoms with E-state index in [1.807, 2.05) is 30.5 Å². The Hall–Kier alpha value is -1.29. The van der Waals surface area contributed by atoms with Crippen molar-refractivity contribution in [2.45, 2.75) is 25.7 Å². The van der Waals surface area contributed by atoms with Gasteiger partial charge in [0.25, 0.3) is 0 Å². The third kappa shape index (κ3) is 2.64. The van der Waals surface area contributed by atoms with Gasteiger partial charge in [-0.25, -0.2) is 0 Å². The molecule has 0 amide bonds. The van der Waals surface area contributed by atoms with Crippen molar-refractivity contribution in [2.24, 2.45) is 10.9 Å². The van der Waals surface area contributed by atoms with Crippen molar-refractivity contribution in [3.63, 3.8) is 0 Å². The first-order chi connectivity index (χ1) is 7.79. The quantitative estimate of drug-likeness (QED) is 0.741. The van der Waals surface area contributed by atoms with Crippen LogP contribution in [0.5, 0.6) is 0 Å². The smallest absolute Gasteiger partial charge is 0.0822 e. The minimum atomic E-state index is 0.226. The summed E-state index contributed by atoms with van der Waals surface area (Å²) >= 11 is 0. The third-order valence-electron chi connectivity index (χ3n) is 3.06. The fourth-order valence-electron chi connectivity index (χ4n) is 2.16. The third-order valence-corrected chi connectivity index (χ3v) is 3.06. The molecule has 1 atom stereocenters.